The molecule has 0 aliphatic carbocycles. The molecular formula is C23H19F3N6O. The first-order valence-corrected chi connectivity index (χ1v) is 10.1. The van der Waals surface area contributed by atoms with Crippen LogP contribution in [0, 0.1) is 6.92 Å². The number of aromatic nitrogens is 5. The first-order valence-electron chi connectivity index (χ1n) is 10.1. The average Bonchev–Trinajstić information content (AvgIpc) is 3.44. The summed E-state index contributed by atoms with van der Waals surface area (Å²) in [6.45, 7) is 2.17. The van der Waals surface area contributed by atoms with Gasteiger partial charge in [-0.05, 0) is 49.4 Å². The van der Waals surface area contributed by atoms with E-state index < -0.39 is 11.7 Å². The number of rotatable bonds is 4. The summed E-state index contributed by atoms with van der Waals surface area (Å²) in [7, 11) is 1.77. The number of carbonyl (C=O) groups is 1. The number of benzene rings is 2. The Bertz CT molecular complexity index is 1490. The molecule has 0 saturated heterocycles. The largest absolute Gasteiger partial charge is 0.416 e. The van der Waals surface area contributed by atoms with Crippen molar-refractivity contribution in [1.82, 2.24) is 29.6 Å². The van der Waals surface area contributed by atoms with Gasteiger partial charge >= 0.3 is 6.18 Å². The van der Waals surface area contributed by atoms with Crippen LogP contribution < -0.4 is 5.32 Å². The SMILES string of the molecule is Cc1[nH]cnc1CNC(=O)c1ccc2c(c1)c1cn(C)nc1n2-c1ccc(C(F)(F)F)cc1. The number of imidazole rings is 1. The molecular weight excluding hydrogens is 433 g/mol. The number of H-pyrrole nitrogens is 1. The number of aryl methyl sites for hydroxylation is 2. The van der Waals surface area contributed by atoms with Gasteiger partial charge in [-0.15, -0.1) is 0 Å². The van der Waals surface area contributed by atoms with E-state index in [2.05, 4.69) is 20.4 Å². The Morgan fingerprint density at radius 2 is 1.88 bits per heavy atom. The van der Waals surface area contributed by atoms with Gasteiger partial charge in [0.15, 0.2) is 5.65 Å². The monoisotopic (exact) mass is 452 g/mol. The summed E-state index contributed by atoms with van der Waals surface area (Å²) >= 11 is 0. The lowest BCUT2D eigenvalue weighted by Gasteiger charge is -2.10. The smallest absolute Gasteiger partial charge is 0.348 e. The second kappa shape index (κ2) is 7.51. The number of halogens is 3. The molecule has 0 spiro atoms. The molecule has 0 unspecified atom stereocenters. The molecule has 2 aromatic carbocycles. The van der Waals surface area contributed by atoms with Gasteiger partial charge in [-0.25, -0.2) is 4.98 Å². The number of hydrogen-bond donors (Lipinski definition) is 2. The third-order valence-electron chi connectivity index (χ3n) is 5.61. The van der Waals surface area contributed by atoms with Gasteiger partial charge in [0.2, 0.25) is 0 Å². The normalized spacial score (nSPS) is 12.0. The molecule has 10 heteroatoms. The van der Waals surface area contributed by atoms with Gasteiger partial charge in [-0.1, -0.05) is 0 Å². The fourth-order valence-corrected chi connectivity index (χ4v) is 3.93. The van der Waals surface area contributed by atoms with Crippen LogP contribution in [0.5, 0.6) is 0 Å². The number of amides is 1. The van der Waals surface area contributed by atoms with Crippen molar-refractivity contribution in [1.29, 1.82) is 0 Å². The van der Waals surface area contributed by atoms with Crippen LogP contribution in [-0.4, -0.2) is 30.2 Å². The Kier molecular flexibility index (Phi) is 4.73. The zero-order valence-electron chi connectivity index (χ0n) is 17.7. The van der Waals surface area contributed by atoms with E-state index >= 15 is 0 Å². The van der Waals surface area contributed by atoms with E-state index in [0.29, 0.717) is 23.4 Å². The highest BCUT2D eigenvalue weighted by Gasteiger charge is 2.30. The van der Waals surface area contributed by atoms with Crippen LogP contribution in [0.2, 0.25) is 0 Å². The molecule has 3 aromatic heterocycles. The number of nitrogens with one attached hydrogen (secondary N) is 2. The average molecular weight is 452 g/mol. The fourth-order valence-electron chi connectivity index (χ4n) is 3.93. The Morgan fingerprint density at radius 3 is 2.55 bits per heavy atom. The number of carbonyl (C=O) groups excluding carboxylic acids is 1. The molecule has 33 heavy (non-hydrogen) atoms. The summed E-state index contributed by atoms with van der Waals surface area (Å²) in [4.78, 5) is 19.9. The lowest BCUT2D eigenvalue weighted by atomic mass is 10.1. The highest BCUT2D eigenvalue weighted by molar-refractivity contribution is 6.10. The minimum Gasteiger partial charge on any atom is -0.348 e. The van der Waals surface area contributed by atoms with E-state index in [1.165, 1.54) is 12.1 Å². The lowest BCUT2D eigenvalue weighted by molar-refractivity contribution is -0.137. The fraction of sp³-hybridized carbons (Fsp3) is 0.174. The van der Waals surface area contributed by atoms with Crippen molar-refractivity contribution < 1.29 is 18.0 Å². The van der Waals surface area contributed by atoms with Gasteiger partial charge in [-0.2, -0.15) is 18.3 Å². The summed E-state index contributed by atoms with van der Waals surface area (Å²) in [6, 6.07) is 10.2. The molecule has 0 bridgehead atoms. The molecule has 7 nitrogen and oxygen atoms in total. The first-order chi connectivity index (χ1) is 15.7. The highest BCUT2D eigenvalue weighted by Crippen LogP contribution is 2.34. The molecule has 2 N–H and O–H groups in total. The van der Waals surface area contributed by atoms with Crippen molar-refractivity contribution in [3.05, 3.63) is 77.5 Å². The van der Waals surface area contributed by atoms with Gasteiger partial charge in [0.1, 0.15) is 0 Å². The van der Waals surface area contributed by atoms with E-state index in [1.54, 1.807) is 40.8 Å². The molecule has 5 rings (SSSR count). The standard InChI is InChI=1S/C23H19F3N6O/c1-13-19(29-12-28-13)10-27-22(33)14-3-8-20-17(9-14)18-11-31(2)30-21(18)32(20)16-6-4-15(5-7-16)23(24,25)26/h3-9,11-12H,10H2,1-2H3,(H,27,33)(H,28,29). The zero-order chi connectivity index (χ0) is 23.3. The third-order valence-corrected chi connectivity index (χ3v) is 5.61. The van der Waals surface area contributed by atoms with Crippen molar-refractivity contribution in [2.75, 3.05) is 0 Å². The first kappa shape index (κ1) is 20.8. The van der Waals surface area contributed by atoms with Crippen molar-refractivity contribution >= 4 is 27.8 Å². The number of alkyl halides is 3. The molecule has 0 fully saturated rings. The van der Waals surface area contributed by atoms with Crippen LogP contribution in [0.25, 0.3) is 27.6 Å². The van der Waals surface area contributed by atoms with Crippen LogP contribution in [0.15, 0.2) is 55.0 Å². The lowest BCUT2D eigenvalue weighted by Crippen LogP contribution is -2.23. The van der Waals surface area contributed by atoms with E-state index in [-0.39, 0.29) is 5.91 Å². The van der Waals surface area contributed by atoms with E-state index in [1.807, 2.05) is 13.1 Å². The number of nitrogens with zero attached hydrogens (tertiary/aromatic N) is 4. The second-order valence-corrected chi connectivity index (χ2v) is 7.81. The number of hydrogen-bond acceptors (Lipinski definition) is 3. The summed E-state index contributed by atoms with van der Waals surface area (Å²) in [5.41, 5.74) is 3.28. The Hall–Kier alpha value is -4.08. The van der Waals surface area contributed by atoms with Gasteiger partial charge in [0.05, 0.1) is 29.6 Å². The predicted molar refractivity (Wildman–Crippen MR) is 117 cm³/mol. The summed E-state index contributed by atoms with van der Waals surface area (Å²) in [5.74, 6) is -0.251. The maximum absolute atomic E-state index is 13.0. The predicted octanol–water partition coefficient (Wildman–Crippen LogP) is 4.50. The minimum absolute atomic E-state index is 0.251. The summed E-state index contributed by atoms with van der Waals surface area (Å²) in [6.07, 6.45) is -1.01. The van der Waals surface area contributed by atoms with Crippen LogP contribution in [0.4, 0.5) is 13.2 Å². The van der Waals surface area contributed by atoms with Crippen LogP contribution in [-0.2, 0) is 19.8 Å². The van der Waals surface area contributed by atoms with Gasteiger partial charge in [0, 0.05) is 41.0 Å². The maximum atomic E-state index is 13.0. The topological polar surface area (TPSA) is 80.5 Å². The van der Waals surface area contributed by atoms with Gasteiger partial charge in [0.25, 0.3) is 5.91 Å². The quantitative estimate of drug-likeness (QED) is 0.422. The minimum atomic E-state index is -4.41. The molecule has 0 aliphatic rings. The van der Waals surface area contributed by atoms with Gasteiger partial charge < -0.3 is 10.3 Å². The molecule has 3 heterocycles. The molecule has 0 saturated carbocycles. The van der Waals surface area contributed by atoms with Crippen molar-refractivity contribution in [3.8, 4) is 5.69 Å². The third kappa shape index (κ3) is 3.63. The zero-order valence-corrected chi connectivity index (χ0v) is 17.7. The molecule has 0 aliphatic heterocycles. The highest BCUT2D eigenvalue weighted by atomic mass is 19.4. The van der Waals surface area contributed by atoms with Crippen molar-refractivity contribution in [2.45, 2.75) is 19.6 Å². The maximum Gasteiger partial charge on any atom is 0.416 e. The second-order valence-electron chi connectivity index (χ2n) is 7.81. The number of fused-ring (bicyclic) bond motifs is 3. The molecule has 168 valence electrons. The number of aromatic amines is 1. The molecule has 5 aromatic rings. The summed E-state index contributed by atoms with van der Waals surface area (Å²) in [5, 5.41) is 8.94. The Labute approximate surface area is 185 Å². The molecule has 0 radical (unpaired) electrons. The van der Waals surface area contributed by atoms with E-state index in [9.17, 15) is 18.0 Å². The van der Waals surface area contributed by atoms with E-state index in [0.717, 1.165) is 39.8 Å². The Morgan fingerprint density at radius 1 is 1.12 bits per heavy atom. The van der Waals surface area contributed by atoms with Crippen LogP contribution in [0.1, 0.15) is 27.3 Å². The molecule has 0 atom stereocenters. The Balaban J connectivity index is 1.55. The van der Waals surface area contributed by atoms with Crippen LogP contribution >= 0.6 is 0 Å². The van der Waals surface area contributed by atoms with Crippen LogP contribution in [0.3, 0.4) is 0 Å². The van der Waals surface area contributed by atoms with Crippen molar-refractivity contribution in [3.63, 3.8) is 0 Å². The summed E-state index contributed by atoms with van der Waals surface area (Å²) < 4.78 is 42.4. The van der Waals surface area contributed by atoms with E-state index in [4.69, 9.17) is 0 Å². The van der Waals surface area contributed by atoms with Gasteiger partial charge in [-0.3, -0.25) is 14.0 Å². The molecule has 1 amide bonds. The van der Waals surface area contributed by atoms with Crippen molar-refractivity contribution in [2.24, 2.45) is 7.05 Å².